The number of ketones is 1. The molecular weight excluding hydrogens is 338 g/mol. The van der Waals surface area contributed by atoms with Crippen LogP contribution in [0.15, 0.2) is 28.9 Å². The fourth-order valence-corrected chi connectivity index (χ4v) is 3.53. The molecule has 1 aliphatic rings. The fraction of sp³-hybridized carbons (Fsp3) is 0.579. The van der Waals surface area contributed by atoms with Gasteiger partial charge in [0.1, 0.15) is 5.78 Å². The van der Waals surface area contributed by atoms with Gasteiger partial charge in [-0.15, -0.1) is 0 Å². The molecule has 1 aromatic heterocycles. The molecule has 0 amide bonds. The van der Waals surface area contributed by atoms with E-state index < -0.39 is 0 Å². The second-order valence-electron chi connectivity index (χ2n) is 5.61. The molecule has 0 N–H and O–H groups in total. The molecule has 0 aromatic carbocycles. The lowest BCUT2D eigenvalue weighted by molar-refractivity contribution is -0.124. The minimum absolute atomic E-state index is 0.372. The average Bonchev–Trinajstić information content (AvgIpc) is 2.55. The number of halogens is 1. The van der Waals surface area contributed by atoms with E-state index in [4.69, 9.17) is 0 Å². The molecule has 0 bridgehead atoms. The number of hydrogen-bond donors (Lipinski definition) is 0. The van der Waals surface area contributed by atoms with E-state index in [1.54, 1.807) is 6.20 Å². The Labute approximate surface area is 143 Å². The van der Waals surface area contributed by atoms with Gasteiger partial charge in [-0.05, 0) is 51.9 Å². The maximum atomic E-state index is 11.9. The van der Waals surface area contributed by atoms with Crippen molar-refractivity contribution in [1.29, 1.82) is 0 Å². The van der Waals surface area contributed by atoms with E-state index >= 15 is 0 Å². The summed E-state index contributed by atoms with van der Waals surface area (Å²) in [7, 11) is 0. The highest BCUT2D eigenvalue weighted by Crippen LogP contribution is 2.38. The summed E-state index contributed by atoms with van der Waals surface area (Å²) < 4.78 is 0.986. The van der Waals surface area contributed by atoms with E-state index in [0.717, 1.165) is 29.4 Å². The predicted octanol–water partition coefficient (Wildman–Crippen LogP) is 5.92. The monoisotopic (exact) mass is 365 g/mol. The number of allylic oxidation sites excluding steroid dienone is 1. The molecule has 1 fully saturated rings. The third kappa shape index (κ3) is 5.35. The number of nitrogens with zero attached hydrogens (tertiary/aromatic N) is 1. The summed E-state index contributed by atoms with van der Waals surface area (Å²) in [5.41, 5.74) is 0.953. The lowest BCUT2D eigenvalue weighted by Gasteiger charge is -2.35. The topological polar surface area (TPSA) is 30.0 Å². The molecule has 1 aliphatic carbocycles. The standard InChI is InChI=1S/C17H22BrNO.C2H6/c1-3-12-9-16(20)10-13(17(12)4-2)5-7-15-8-6-14(18)11-19-15;1-2/h5-8,11-13,17H,3-4,9-10H2,1-2H3;1-2H3/b7-5+;. The van der Waals surface area contributed by atoms with Crippen molar-refractivity contribution in [2.75, 3.05) is 0 Å². The molecule has 2 rings (SSSR count). The normalized spacial score (nSPS) is 25.0. The largest absolute Gasteiger partial charge is 0.300 e. The Balaban J connectivity index is 0.00000116. The first-order valence-corrected chi connectivity index (χ1v) is 9.24. The summed E-state index contributed by atoms with van der Waals surface area (Å²) in [6, 6.07) is 3.98. The van der Waals surface area contributed by atoms with Crippen molar-refractivity contribution >= 4 is 27.8 Å². The van der Waals surface area contributed by atoms with E-state index in [2.05, 4.69) is 46.9 Å². The molecule has 0 spiro atoms. The van der Waals surface area contributed by atoms with Crippen molar-refractivity contribution in [3.63, 3.8) is 0 Å². The Hall–Kier alpha value is -0.960. The minimum atomic E-state index is 0.372. The highest BCUT2D eigenvalue weighted by atomic mass is 79.9. The van der Waals surface area contributed by atoms with Crippen LogP contribution in [0.25, 0.3) is 6.08 Å². The maximum absolute atomic E-state index is 11.9. The lowest BCUT2D eigenvalue weighted by atomic mass is 9.69. The smallest absolute Gasteiger partial charge is 0.133 e. The van der Waals surface area contributed by atoms with Gasteiger partial charge in [0.2, 0.25) is 0 Å². The summed E-state index contributed by atoms with van der Waals surface area (Å²) in [6.45, 7) is 8.44. The van der Waals surface area contributed by atoms with Crippen LogP contribution in [0, 0.1) is 17.8 Å². The highest BCUT2D eigenvalue weighted by Gasteiger charge is 2.33. The summed E-state index contributed by atoms with van der Waals surface area (Å²) in [5, 5.41) is 0. The molecule has 22 heavy (non-hydrogen) atoms. The van der Waals surface area contributed by atoms with Gasteiger partial charge in [0.15, 0.2) is 0 Å². The molecule has 0 saturated heterocycles. The summed E-state index contributed by atoms with van der Waals surface area (Å²) in [6.07, 6.45) is 9.78. The minimum Gasteiger partial charge on any atom is -0.300 e. The van der Waals surface area contributed by atoms with Gasteiger partial charge in [-0.2, -0.15) is 0 Å². The van der Waals surface area contributed by atoms with Crippen molar-refractivity contribution in [3.05, 3.63) is 34.6 Å². The Morgan fingerprint density at radius 1 is 1.23 bits per heavy atom. The number of Topliss-reactive ketones (excluding diaryl/α,β-unsaturated/α-hetero) is 1. The Morgan fingerprint density at radius 2 is 1.95 bits per heavy atom. The van der Waals surface area contributed by atoms with Gasteiger partial charge in [0.25, 0.3) is 0 Å². The number of carbonyl (C=O) groups is 1. The number of carbonyl (C=O) groups excluding carboxylic acids is 1. The van der Waals surface area contributed by atoms with Crippen LogP contribution in [0.3, 0.4) is 0 Å². The Kier molecular flexibility index (Phi) is 8.62. The van der Waals surface area contributed by atoms with Gasteiger partial charge in [0, 0.05) is 23.5 Å². The molecule has 1 saturated carbocycles. The quantitative estimate of drug-likeness (QED) is 0.663. The van der Waals surface area contributed by atoms with Crippen molar-refractivity contribution in [3.8, 4) is 0 Å². The van der Waals surface area contributed by atoms with Crippen LogP contribution in [0.4, 0.5) is 0 Å². The highest BCUT2D eigenvalue weighted by molar-refractivity contribution is 9.10. The van der Waals surface area contributed by atoms with E-state index in [-0.39, 0.29) is 0 Å². The molecule has 1 heterocycles. The van der Waals surface area contributed by atoms with Crippen molar-refractivity contribution in [1.82, 2.24) is 4.98 Å². The van der Waals surface area contributed by atoms with Gasteiger partial charge in [-0.1, -0.05) is 46.6 Å². The van der Waals surface area contributed by atoms with E-state index in [1.807, 2.05) is 26.0 Å². The van der Waals surface area contributed by atoms with Crippen LogP contribution >= 0.6 is 15.9 Å². The van der Waals surface area contributed by atoms with Gasteiger partial charge in [-0.25, -0.2) is 0 Å². The molecule has 1 aromatic rings. The van der Waals surface area contributed by atoms with Crippen molar-refractivity contribution in [2.45, 2.75) is 53.4 Å². The SMILES string of the molecule is CC.CCC1CC(=O)CC(/C=C/c2ccc(Br)cn2)C1CC. The van der Waals surface area contributed by atoms with Crippen molar-refractivity contribution in [2.24, 2.45) is 17.8 Å². The number of rotatable bonds is 4. The summed E-state index contributed by atoms with van der Waals surface area (Å²) in [4.78, 5) is 16.3. The molecule has 3 atom stereocenters. The van der Waals surface area contributed by atoms with Crippen LogP contribution in [-0.4, -0.2) is 10.8 Å². The molecule has 122 valence electrons. The molecule has 2 nitrogen and oxygen atoms in total. The third-order valence-electron chi connectivity index (χ3n) is 4.37. The average molecular weight is 366 g/mol. The summed E-state index contributed by atoms with van der Waals surface area (Å²) >= 11 is 3.39. The summed E-state index contributed by atoms with van der Waals surface area (Å²) in [5.74, 6) is 1.97. The van der Waals surface area contributed by atoms with E-state index in [1.165, 1.54) is 0 Å². The van der Waals surface area contributed by atoms with Gasteiger partial charge < -0.3 is 0 Å². The van der Waals surface area contributed by atoms with Gasteiger partial charge in [0.05, 0.1) is 5.69 Å². The molecule has 3 heteroatoms. The molecule has 0 radical (unpaired) electrons. The lowest BCUT2D eigenvalue weighted by Crippen LogP contribution is -2.31. The predicted molar refractivity (Wildman–Crippen MR) is 97.6 cm³/mol. The molecule has 0 aliphatic heterocycles. The number of aromatic nitrogens is 1. The van der Waals surface area contributed by atoms with E-state index in [0.29, 0.717) is 30.0 Å². The van der Waals surface area contributed by atoms with E-state index in [9.17, 15) is 4.79 Å². The third-order valence-corrected chi connectivity index (χ3v) is 4.84. The number of pyridine rings is 1. The van der Waals surface area contributed by atoms with Gasteiger partial charge in [-0.3, -0.25) is 9.78 Å². The first-order chi connectivity index (χ1) is 10.6. The second kappa shape index (κ2) is 9.94. The zero-order valence-corrected chi connectivity index (χ0v) is 15.8. The Morgan fingerprint density at radius 3 is 2.50 bits per heavy atom. The molecular formula is C19H28BrNO. The van der Waals surface area contributed by atoms with Crippen LogP contribution in [0.1, 0.15) is 59.1 Å². The van der Waals surface area contributed by atoms with Gasteiger partial charge >= 0.3 is 0 Å². The van der Waals surface area contributed by atoms with Crippen LogP contribution in [0.2, 0.25) is 0 Å². The fourth-order valence-electron chi connectivity index (χ4n) is 3.29. The molecule has 3 unspecified atom stereocenters. The zero-order chi connectivity index (χ0) is 16.5. The Bertz CT molecular complexity index is 481. The van der Waals surface area contributed by atoms with Crippen LogP contribution < -0.4 is 0 Å². The van der Waals surface area contributed by atoms with Crippen molar-refractivity contribution < 1.29 is 4.79 Å². The first-order valence-electron chi connectivity index (χ1n) is 8.45. The first kappa shape index (κ1) is 19.1. The maximum Gasteiger partial charge on any atom is 0.133 e. The zero-order valence-electron chi connectivity index (χ0n) is 14.2. The van der Waals surface area contributed by atoms with Crippen LogP contribution in [-0.2, 0) is 4.79 Å². The second-order valence-corrected chi connectivity index (χ2v) is 6.53. The van der Waals surface area contributed by atoms with Crippen LogP contribution in [0.5, 0.6) is 0 Å². The number of hydrogen-bond acceptors (Lipinski definition) is 2.